The molecule has 1 aromatic rings. The highest BCUT2D eigenvalue weighted by Crippen LogP contribution is 2.12. The summed E-state index contributed by atoms with van der Waals surface area (Å²) in [7, 11) is 1.74. The highest BCUT2D eigenvalue weighted by atomic mass is 19.1. The predicted molar refractivity (Wildman–Crippen MR) is 73.0 cm³/mol. The quantitative estimate of drug-likeness (QED) is 0.795. The lowest BCUT2D eigenvalue weighted by atomic mass is 10.1. The molecule has 1 aromatic carbocycles. The molecule has 0 aliphatic heterocycles. The fourth-order valence-electron chi connectivity index (χ4n) is 1.76. The minimum absolute atomic E-state index is 0.0861. The number of likely N-dealkylation sites (N-methyl/N-ethyl adjacent to an activating group) is 1. The molecule has 0 atom stereocenters. The van der Waals surface area contributed by atoms with E-state index in [0.717, 1.165) is 6.42 Å². The van der Waals surface area contributed by atoms with E-state index >= 15 is 0 Å². The van der Waals surface area contributed by atoms with Crippen molar-refractivity contribution in [2.45, 2.75) is 19.9 Å². The van der Waals surface area contributed by atoms with Gasteiger partial charge in [0.25, 0.3) is 0 Å². The number of amides is 1. The van der Waals surface area contributed by atoms with Gasteiger partial charge in [-0.25, -0.2) is 9.18 Å². The largest absolute Gasteiger partial charge is 0.478 e. The van der Waals surface area contributed by atoms with E-state index in [-0.39, 0.29) is 18.0 Å². The van der Waals surface area contributed by atoms with Gasteiger partial charge in [0, 0.05) is 13.1 Å². The fraction of sp³-hybridized carbons (Fsp3) is 0.429. The van der Waals surface area contributed by atoms with Crippen LogP contribution in [0.4, 0.5) is 4.39 Å². The van der Waals surface area contributed by atoms with E-state index in [2.05, 4.69) is 5.32 Å². The highest BCUT2D eigenvalue weighted by Gasteiger charge is 2.12. The highest BCUT2D eigenvalue weighted by molar-refractivity contribution is 5.87. The van der Waals surface area contributed by atoms with E-state index in [1.807, 2.05) is 6.92 Å². The number of aromatic carboxylic acids is 1. The molecule has 0 saturated heterocycles. The molecule has 20 heavy (non-hydrogen) atoms. The molecule has 0 spiro atoms. The number of halogens is 1. The van der Waals surface area contributed by atoms with Crippen LogP contribution >= 0.6 is 0 Å². The van der Waals surface area contributed by atoms with E-state index < -0.39 is 11.8 Å². The smallest absolute Gasteiger partial charge is 0.338 e. The molecule has 0 radical (unpaired) electrons. The fourth-order valence-corrected chi connectivity index (χ4v) is 1.76. The Morgan fingerprint density at radius 2 is 2.10 bits per heavy atom. The third-order valence-corrected chi connectivity index (χ3v) is 2.70. The summed E-state index contributed by atoms with van der Waals surface area (Å²) in [5.41, 5.74) is 0.274. The number of nitrogens with one attached hydrogen (secondary N) is 1. The first-order valence-electron chi connectivity index (χ1n) is 6.41. The van der Waals surface area contributed by atoms with Crippen molar-refractivity contribution in [3.63, 3.8) is 0 Å². The van der Waals surface area contributed by atoms with Gasteiger partial charge in [-0.1, -0.05) is 13.0 Å². The third-order valence-electron chi connectivity index (χ3n) is 2.70. The van der Waals surface area contributed by atoms with Crippen molar-refractivity contribution >= 4 is 11.9 Å². The number of carboxylic acids is 1. The Morgan fingerprint density at radius 1 is 1.40 bits per heavy atom. The number of carbonyl (C=O) groups excluding carboxylic acids is 1. The molecule has 0 saturated carbocycles. The molecule has 1 rings (SSSR count). The molecule has 0 aromatic heterocycles. The first-order chi connectivity index (χ1) is 9.43. The topological polar surface area (TPSA) is 69.6 Å². The average molecular weight is 282 g/mol. The van der Waals surface area contributed by atoms with Gasteiger partial charge in [0.15, 0.2) is 0 Å². The summed E-state index contributed by atoms with van der Waals surface area (Å²) in [6.07, 6.45) is 0.872. The SMILES string of the molecule is CCCNC(=O)CN(C)Cc1ccc(C(=O)O)c(F)c1. The van der Waals surface area contributed by atoms with E-state index in [0.29, 0.717) is 18.7 Å². The molecule has 0 aliphatic carbocycles. The minimum Gasteiger partial charge on any atom is -0.478 e. The summed E-state index contributed by atoms with van der Waals surface area (Å²) in [6.45, 7) is 3.18. The summed E-state index contributed by atoms with van der Waals surface area (Å²) in [5.74, 6) is -2.14. The molecular formula is C14H19FN2O3. The molecule has 0 aliphatic rings. The molecule has 0 bridgehead atoms. The average Bonchev–Trinajstić information content (AvgIpc) is 2.35. The van der Waals surface area contributed by atoms with Crippen LogP contribution in [-0.4, -0.2) is 42.0 Å². The first-order valence-corrected chi connectivity index (χ1v) is 6.41. The molecule has 110 valence electrons. The number of benzene rings is 1. The van der Waals surface area contributed by atoms with Crippen molar-refractivity contribution in [3.05, 3.63) is 35.1 Å². The molecule has 0 heterocycles. The minimum atomic E-state index is -1.29. The van der Waals surface area contributed by atoms with Crippen LogP contribution in [0.5, 0.6) is 0 Å². The lowest BCUT2D eigenvalue weighted by Gasteiger charge is -2.16. The number of carbonyl (C=O) groups is 2. The molecule has 1 amide bonds. The Balaban J connectivity index is 2.58. The van der Waals surface area contributed by atoms with Crippen molar-refractivity contribution in [3.8, 4) is 0 Å². The second kappa shape index (κ2) is 7.59. The zero-order valence-electron chi connectivity index (χ0n) is 11.6. The zero-order valence-corrected chi connectivity index (χ0v) is 11.6. The van der Waals surface area contributed by atoms with Gasteiger partial charge in [0.1, 0.15) is 5.82 Å². The van der Waals surface area contributed by atoms with E-state index in [9.17, 15) is 14.0 Å². The Bertz CT molecular complexity index is 491. The van der Waals surface area contributed by atoms with E-state index in [4.69, 9.17) is 5.11 Å². The molecule has 5 nitrogen and oxygen atoms in total. The standard InChI is InChI=1S/C14H19FN2O3/c1-3-6-16-13(18)9-17(2)8-10-4-5-11(14(19)20)12(15)7-10/h4-5,7H,3,6,8-9H2,1-2H3,(H,16,18)(H,19,20). The number of hydrogen-bond acceptors (Lipinski definition) is 3. The van der Waals surface area contributed by atoms with Crippen molar-refractivity contribution in [2.75, 3.05) is 20.1 Å². The maximum absolute atomic E-state index is 13.5. The van der Waals surface area contributed by atoms with Gasteiger partial charge >= 0.3 is 5.97 Å². The van der Waals surface area contributed by atoms with Crippen molar-refractivity contribution < 1.29 is 19.1 Å². The number of hydrogen-bond donors (Lipinski definition) is 2. The van der Waals surface area contributed by atoms with Gasteiger partial charge < -0.3 is 10.4 Å². The molecule has 6 heteroatoms. The summed E-state index contributed by atoms with van der Waals surface area (Å²) >= 11 is 0. The monoisotopic (exact) mass is 282 g/mol. The van der Waals surface area contributed by atoms with Crippen LogP contribution in [-0.2, 0) is 11.3 Å². The normalized spacial score (nSPS) is 10.6. The molecule has 0 fully saturated rings. The molecular weight excluding hydrogens is 263 g/mol. The van der Waals surface area contributed by atoms with Crippen LogP contribution in [0.1, 0.15) is 29.3 Å². The number of carboxylic acid groups (broad SMARTS) is 1. The molecule has 2 N–H and O–H groups in total. The lowest BCUT2D eigenvalue weighted by Crippen LogP contribution is -2.35. The second-order valence-corrected chi connectivity index (χ2v) is 4.64. The summed E-state index contributed by atoms with van der Waals surface area (Å²) in [5, 5.41) is 11.5. The molecule has 0 unspecified atom stereocenters. The summed E-state index contributed by atoms with van der Waals surface area (Å²) in [6, 6.07) is 3.97. The lowest BCUT2D eigenvalue weighted by molar-refractivity contribution is -0.122. The first kappa shape index (κ1) is 16.1. The zero-order chi connectivity index (χ0) is 15.1. The van der Waals surface area contributed by atoms with Gasteiger partial charge in [-0.3, -0.25) is 9.69 Å². The summed E-state index contributed by atoms with van der Waals surface area (Å²) < 4.78 is 13.5. The van der Waals surface area contributed by atoms with Crippen molar-refractivity contribution in [2.24, 2.45) is 0 Å². The van der Waals surface area contributed by atoms with E-state index in [1.165, 1.54) is 12.1 Å². The van der Waals surface area contributed by atoms with Crippen LogP contribution in [0.25, 0.3) is 0 Å². The van der Waals surface area contributed by atoms with Crippen LogP contribution < -0.4 is 5.32 Å². The van der Waals surface area contributed by atoms with Crippen LogP contribution in [0, 0.1) is 5.82 Å². The van der Waals surface area contributed by atoms with Crippen LogP contribution in [0.15, 0.2) is 18.2 Å². The van der Waals surface area contributed by atoms with Gasteiger partial charge in [-0.05, 0) is 31.2 Å². The van der Waals surface area contributed by atoms with Gasteiger partial charge in [-0.2, -0.15) is 0 Å². The second-order valence-electron chi connectivity index (χ2n) is 4.64. The Hall–Kier alpha value is -1.95. The Kier molecular flexibility index (Phi) is 6.11. The number of rotatable bonds is 7. The van der Waals surface area contributed by atoms with Crippen LogP contribution in [0.2, 0.25) is 0 Å². The predicted octanol–water partition coefficient (Wildman–Crippen LogP) is 1.48. The van der Waals surface area contributed by atoms with Crippen molar-refractivity contribution in [1.82, 2.24) is 10.2 Å². The maximum atomic E-state index is 13.5. The maximum Gasteiger partial charge on any atom is 0.338 e. The van der Waals surface area contributed by atoms with Crippen molar-refractivity contribution in [1.29, 1.82) is 0 Å². The van der Waals surface area contributed by atoms with Gasteiger partial charge in [0.05, 0.1) is 12.1 Å². The third kappa shape index (κ3) is 4.97. The Morgan fingerprint density at radius 3 is 2.65 bits per heavy atom. The van der Waals surface area contributed by atoms with Gasteiger partial charge in [0.2, 0.25) is 5.91 Å². The Labute approximate surface area is 117 Å². The summed E-state index contributed by atoms with van der Waals surface area (Å²) in [4.78, 5) is 23.9. The number of nitrogens with zero attached hydrogens (tertiary/aromatic N) is 1. The van der Waals surface area contributed by atoms with Crippen LogP contribution in [0.3, 0.4) is 0 Å². The van der Waals surface area contributed by atoms with E-state index in [1.54, 1.807) is 18.0 Å². The van der Waals surface area contributed by atoms with Gasteiger partial charge in [-0.15, -0.1) is 0 Å².